The Kier molecular flexibility index (Phi) is 3.76. The summed E-state index contributed by atoms with van der Waals surface area (Å²) >= 11 is 0. The Labute approximate surface area is 101 Å². The molecule has 0 spiro atoms. The third-order valence-corrected chi connectivity index (χ3v) is 3.06. The molecule has 17 heavy (non-hydrogen) atoms. The fourth-order valence-electron chi connectivity index (χ4n) is 2.14. The summed E-state index contributed by atoms with van der Waals surface area (Å²) in [6, 6.07) is 7.56. The predicted octanol–water partition coefficient (Wildman–Crippen LogP) is 0.395. The normalized spacial score (nSPS) is 19.6. The minimum atomic E-state index is -0.369. The molecule has 1 aliphatic heterocycles. The average molecular weight is 234 g/mol. The molecule has 3 N–H and O–H groups in total. The van der Waals surface area contributed by atoms with E-state index in [0.29, 0.717) is 31.6 Å². The quantitative estimate of drug-likeness (QED) is 0.795. The Morgan fingerprint density at radius 1 is 1.53 bits per heavy atom. The van der Waals surface area contributed by atoms with Gasteiger partial charge in [-0.2, -0.15) is 0 Å². The first-order chi connectivity index (χ1) is 8.20. The smallest absolute Gasteiger partial charge is 0.253 e. The number of carbonyl (C=O) groups is 1. The number of nitrogens with two attached hydrogens (primary N) is 1. The molecule has 2 rings (SSSR count). The zero-order chi connectivity index (χ0) is 12.3. The molecule has 0 aliphatic carbocycles. The van der Waals surface area contributed by atoms with Crippen LogP contribution in [0.3, 0.4) is 0 Å². The third kappa shape index (κ3) is 2.84. The molecule has 1 atom stereocenters. The monoisotopic (exact) mass is 234 g/mol. The highest BCUT2D eigenvalue weighted by molar-refractivity contribution is 5.94. The van der Waals surface area contributed by atoms with Crippen LogP contribution < -0.4 is 5.73 Å². The molecule has 0 radical (unpaired) electrons. The number of hydrogen-bond acceptors (Lipinski definition) is 3. The van der Waals surface area contributed by atoms with Crippen LogP contribution in [0.2, 0.25) is 0 Å². The standard InChI is InChI=1S/C13H18N2O2/c14-6-4-10-2-1-3-11(8-10)13(17)15-7-5-12(16)9-15/h1-3,8,12,16H,4-7,9,14H2. The van der Waals surface area contributed by atoms with E-state index >= 15 is 0 Å². The molecule has 1 heterocycles. The molecule has 0 aromatic heterocycles. The fraction of sp³-hybridized carbons (Fsp3) is 0.462. The zero-order valence-electron chi connectivity index (χ0n) is 9.80. The Hall–Kier alpha value is -1.39. The van der Waals surface area contributed by atoms with Crippen molar-refractivity contribution in [3.63, 3.8) is 0 Å². The maximum absolute atomic E-state index is 12.1. The lowest BCUT2D eigenvalue weighted by atomic mass is 10.1. The highest BCUT2D eigenvalue weighted by Gasteiger charge is 2.25. The van der Waals surface area contributed by atoms with Crippen molar-refractivity contribution in [3.05, 3.63) is 35.4 Å². The van der Waals surface area contributed by atoms with Gasteiger partial charge in [0, 0.05) is 18.7 Å². The molecule has 1 unspecified atom stereocenters. The number of hydrogen-bond donors (Lipinski definition) is 2. The maximum Gasteiger partial charge on any atom is 0.253 e. The molecule has 1 aromatic carbocycles. The van der Waals surface area contributed by atoms with Crippen LogP contribution in [0.5, 0.6) is 0 Å². The van der Waals surface area contributed by atoms with Gasteiger partial charge in [-0.1, -0.05) is 12.1 Å². The number of benzene rings is 1. The fourth-order valence-corrected chi connectivity index (χ4v) is 2.14. The van der Waals surface area contributed by atoms with Crippen LogP contribution in [-0.4, -0.2) is 41.7 Å². The second kappa shape index (κ2) is 5.29. The molecule has 92 valence electrons. The number of amides is 1. The lowest BCUT2D eigenvalue weighted by molar-refractivity contribution is 0.0765. The Balaban J connectivity index is 2.10. The summed E-state index contributed by atoms with van der Waals surface area (Å²) in [5.41, 5.74) is 7.27. The van der Waals surface area contributed by atoms with Crippen molar-refractivity contribution >= 4 is 5.91 Å². The molecule has 0 saturated carbocycles. The van der Waals surface area contributed by atoms with Gasteiger partial charge in [-0.25, -0.2) is 0 Å². The largest absolute Gasteiger partial charge is 0.391 e. The lowest BCUT2D eigenvalue weighted by Crippen LogP contribution is -2.29. The zero-order valence-corrected chi connectivity index (χ0v) is 9.80. The van der Waals surface area contributed by atoms with Gasteiger partial charge in [0.05, 0.1) is 6.10 Å². The summed E-state index contributed by atoms with van der Waals surface area (Å²) in [6.45, 7) is 1.67. The molecular formula is C13H18N2O2. The van der Waals surface area contributed by atoms with Crippen LogP contribution in [0.1, 0.15) is 22.3 Å². The average Bonchev–Trinajstić information content (AvgIpc) is 2.76. The topological polar surface area (TPSA) is 66.6 Å². The Morgan fingerprint density at radius 2 is 2.35 bits per heavy atom. The van der Waals surface area contributed by atoms with Crippen LogP contribution in [0.25, 0.3) is 0 Å². The predicted molar refractivity (Wildman–Crippen MR) is 65.7 cm³/mol. The number of likely N-dealkylation sites (tertiary alicyclic amines) is 1. The first-order valence-corrected chi connectivity index (χ1v) is 5.97. The first kappa shape index (κ1) is 12.1. The van der Waals surface area contributed by atoms with E-state index in [2.05, 4.69) is 0 Å². The van der Waals surface area contributed by atoms with Crippen molar-refractivity contribution in [3.8, 4) is 0 Å². The van der Waals surface area contributed by atoms with Crippen LogP contribution in [0.4, 0.5) is 0 Å². The second-order valence-electron chi connectivity index (χ2n) is 4.43. The SMILES string of the molecule is NCCc1cccc(C(=O)N2CCC(O)C2)c1. The molecule has 1 amide bonds. The number of carbonyl (C=O) groups excluding carboxylic acids is 1. The molecule has 4 heteroatoms. The van der Waals surface area contributed by atoms with Crippen molar-refractivity contribution in [1.29, 1.82) is 0 Å². The number of aliphatic hydroxyl groups excluding tert-OH is 1. The molecule has 0 bridgehead atoms. The molecular weight excluding hydrogens is 216 g/mol. The Bertz CT molecular complexity index is 406. The Morgan fingerprint density at radius 3 is 3.00 bits per heavy atom. The van der Waals surface area contributed by atoms with Crippen LogP contribution in [0.15, 0.2) is 24.3 Å². The van der Waals surface area contributed by atoms with Crippen molar-refractivity contribution in [2.45, 2.75) is 18.9 Å². The molecule has 1 saturated heterocycles. The molecule has 1 fully saturated rings. The minimum Gasteiger partial charge on any atom is -0.391 e. The first-order valence-electron chi connectivity index (χ1n) is 5.97. The van der Waals surface area contributed by atoms with Gasteiger partial charge >= 0.3 is 0 Å². The number of β-amino-alcohol motifs (C(OH)–C–C–N with tert-alkyl or cyclic N) is 1. The van der Waals surface area contributed by atoms with Gasteiger partial charge in [0.2, 0.25) is 0 Å². The van der Waals surface area contributed by atoms with Crippen molar-refractivity contribution in [2.24, 2.45) is 5.73 Å². The summed E-state index contributed by atoms with van der Waals surface area (Å²) in [7, 11) is 0. The van der Waals surface area contributed by atoms with Crippen molar-refractivity contribution in [1.82, 2.24) is 4.90 Å². The summed E-state index contributed by atoms with van der Waals surface area (Å²) in [5.74, 6) is 0.000390. The number of rotatable bonds is 3. The highest BCUT2D eigenvalue weighted by Crippen LogP contribution is 2.14. The maximum atomic E-state index is 12.1. The van der Waals surface area contributed by atoms with Crippen molar-refractivity contribution < 1.29 is 9.90 Å². The van der Waals surface area contributed by atoms with Crippen LogP contribution in [-0.2, 0) is 6.42 Å². The molecule has 1 aliphatic rings. The van der Waals surface area contributed by atoms with Gasteiger partial charge in [-0.15, -0.1) is 0 Å². The van der Waals surface area contributed by atoms with E-state index in [9.17, 15) is 9.90 Å². The van der Waals surface area contributed by atoms with E-state index < -0.39 is 0 Å². The summed E-state index contributed by atoms with van der Waals surface area (Å²) in [6.07, 6.45) is 1.09. The van der Waals surface area contributed by atoms with Gasteiger partial charge in [-0.3, -0.25) is 4.79 Å². The highest BCUT2D eigenvalue weighted by atomic mass is 16.3. The van der Waals surface area contributed by atoms with Crippen molar-refractivity contribution in [2.75, 3.05) is 19.6 Å². The minimum absolute atomic E-state index is 0.000390. The van der Waals surface area contributed by atoms with Crippen LogP contribution >= 0.6 is 0 Å². The van der Waals surface area contributed by atoms with E-state index in [-0.39, 0.29) is 12.0 Å². The number of nitrogens with zero attached hydrogens (tertiary/aromatic N) is 1. The number of aliphatic hydroxyl groups is 1. The van der Waals surface area contributed by atoms with Gasteiger partial charge in [0.25, 0.3) is 5.91 Å². The van der Waals surface area contributed by atoms with E-state index in [1.807, 2.05) is 24.3 Å². The van der Waals surface area contributed by atoms with E-state index in [4.69, 9.17) is 5.73 Å². The van der Waals surface area contributed by atoms with E-state index in [1.165, 1.54) is 0 Å². The van der Waals surface area contributed by atoms with Crippen LogP contribution in [0, 0.1) is 0 Å². The summed E-state index contributed by atoms with van der Waals surface area (Å²) < 4.78 is 0. The second-order valence-corrected chi connectivity index (χ2v) is 4.43. The lowest BCUT2D eigenvalue weighted by Gasteiger charge is -2.15. The third-order valence-electron chi connectivity index (χ3n) is 3.06. The molecule has 1 aromatic rings. The summed E-state index contributed by atoms with van der Waals surface area (Å²) in [5, 5.41) is 9.42. The van der Waals surface area contributed by atoms with Gasteiger partial charge in [0.1, 0.15) is 0 Å². The van der Waals surface area contributed by atoms with Gasteiger partial charge in [-0.05, 0) is 37.1 Å². The van der Waals surface area contributed by atoms with E-state index in [0.717, 1.165) is 12.0 Å². The summed E-state index contributed by atoms with van der Waals surface area (Å²) in [4.78, 5) is 13.8. The van der Waals surface area contributed by atoms with Gasteiger partial charge < -0.3 is 15.7 Å². The van der Waals surface area contributed by atoms with E-state index in [1.54, 1.807) is 4.90 Å². The molecule has 4 nitrogen and oxygen atoms in total. The van der Waals surface area contributed by atoms with Gasteiger partial charge in [0.15, 0.2) is 0 Å².